The van der Waals surface area contributed by atoms with Gasteiger partial charge >= 0.3 is 5.97 Å². The molecule has 0 unspecified atom stereocenters. The van der Waals surface area contributed by atoms with E-state index in [9.17, 15) is 9.59 Å². The van der Waals surface area contributed by atoms with Crippen LogP contribution in [0.25, 0.3) is 11.1 Å². The number of benzene rings is 2. The zero-order valence-electron chi connectivity index (χ0n) is 13.0. The topological polar surface area (TPSA) is 81.4 Å². The first-order valence-electron chi connectivity index (χ1n) is 7.07. The number of esters is 1. The van der Waals surface area contributed by atoms with Crippen LogP contribution >= 0.6 is 0 Å². The molecule has 5 heteroatoms. The van der Waals surface area contributed by atoms with Crippen molar-refractivity contribution in [3.05, 3.63) is 65.9 Å². The third-order valence-corrected chi connectivity index (χ3v) is 3.33. The van der Waals surface area contributed by atoms with Gasteiger partial charge in [-0.25, -0.2) is 4.79 Å². The minimum atomic E-state index is -0.584. The smallest absolute Gasteiger partial charge is 0.354 e. The predicted octanol–water partition coefficient (Wildman–Crippen LogP) is 2.74. The molecule has 0 heterocycles. The number of hydrogen-bond acceptors (Lipinski definition) is 4. The van der Waals surface area contributed by atoms with Crippen molar-refractivity contribution in [2.75, 3.05) is 12.8 Å². The Bertz CT molecular complexity index is 732. The fourth-order valence-electron chi connectivity index (χ4n) is 2.04. The lowest BCUT2D eigenvalue weighted by atomic mass is 10.0. The van der Waals surface area contributed by atoms with Crippen LogP contribution in [0.5, 0.6) is 0 Å². The first-order valence-corrected chi connectivity index (χ1v) is 7.07. The zero-order valence-corrected chi connectivity index (χ0v) is 13.0. The van der Waals surface area contributed by atoms with Crippen LogP contribution in [0.2, 0.25) is 0 Å². The van der Waals surface area contributed by atoms with Crippen LogP contribution in [-0.2, 0) is 9.53 Å². The van der Waals surface area contributed by atoms with Gasteiger partial charge in [0.25, 0.3) is 5.91 Å². The summed E-state index contributed by atoms with van der Waals surface area (Å²) < 4.78 is 4.59. The van der Waals surface area contributed by atoms with Gasteiger partial charge in [0.05, 0.1) is 7.11 Å². The van der Waals surface area contributed by atoms with Crippen LogP contribution in [0.1, 0.15) is 17.3 Å². The minimum absolute atomic E-state index is 0.111. The molecule has 2 aromatic carbocycles. The molecule has 5 nitrogen and oxygen atoms in total. The fourth-order valence-corrected chi connectivity index (χ4v) is 2.04. The molecule has 0 spiro atoms. The van der Waals surface area contributed by atoms with Gasteiger partial charge in [-0.15, -0.1) is 0 Å². The monoisotopic (exact) mass is 310 g/mol. The van der Waals surface area contributed by atoms with Crippen LogP contribution in [0.4, 0.5) is 5.69 Å². The van der Waals surface area contributed by atoms with Gasteiger partial charge in [-0.3, -0.25) is 4.79 Å². The highest BCUT2D eigenvalue weighted by Crippen LogP contribution is 2.21. The van der Waals surface area contributed by atoms with Gasteiger partial charge in [0.15, 0.2) is 0 Å². The SMILES string of the molecule is C/C=C(/NC(=O)c1ccc(-c2ccc(N)cc2)cc1)C(=O)OC. The quantitative estimate of drug-likeness (QED) is 0.517. The third kappa shape index (κ3) is 3.97. The molecule has 0 aliphatic heterocycles. The number of carbonyl (C=O) groups excluding carboxylic acids is 2. The number of hydrogen-bond donors (Lipinski definition) is 2. The molecule has 0 aliphatic rings. The van der Waals surface area contributed by atoms with Crippen molar-refractivity contribution in [1.82, 2.24) is 5.32 Å². The predicted molar refractivity (Wildman–Crippen MR) is 89.5 cm³/mol. The van der Waals surface area contributed by atoms with Gasteiger partial charge in [0, 0.05) is 11.3 Å². The maximum Gasteiger partial charge on any atom is 0.354 e. The molecule has 2 rings (SSSR count). The molecular weight excluding hydrogens is 292 g/mol. The highest BCUT2D eigenvalue weighted by Gasteiger charge is 2.13. The third-order valence-electron chi connectivity index (χ3n) is 3.33. The number of ether oxygens (including phenoxy) is 1. The first kappa shape index (κ1) is 16.3. The van der Waals surface area contributed by atoms with Crippen molar-refractivity contribution in [1.29, 1.82) is 0 Å². The summed E-state index contributed by atoms with van der Waals surface area (Å²) >= 11 is 0. The van der Waals surface area contributed by atoms with Gasteiger partial charge in [-0.1, -0.05) is 30.3 Å². The normalized spacial score (nSPS) is 11.0. The summed E-state index contributed by atoms with van der Waals surface area (Å²) in [4.78, 5) is 23.6. The number of methoxy groups -OCH3 is 1. The summed E-state index contributed by atoms with van der Waals surface area (Å²) in [6.45, 7) is 1.65. The second-order valence-corrected chi connectivity index (χ2v) is 4.85. The molecule has 3 N–H and O–H groups in total. The summed E-state index contributed by atoms with van der Waals surface area (Å²) in [5.41, 5.74) is 8.91. The second kappa shape index (κ2) is 7.26. The maximum absolute atomic E-state index is 12.2. The van der Waals surface area contributed by atoms with E-state index in [2.05, 4.69) is 10.1 Å². The number of amides is 1. The first-order chi connectivity index (χ1) is 11.0. The molecule has 0 saturated heterocycles. The lowest BCUT2D eigenvalue weighted by Gasteiger charge is -2.08. The Hall–Kier alpha value is -3.08. The van der Waals surface area contributed by atoms with E-state index < -0.39 is 5.97 Å². The summed E-state index contributed by atoms with van der Waals surface area (Å²) in [6.07, 6.45) is 1.49. The van der Waals surface area contributed by atoms with Gasteiger partial charge in [-0.2, -0.15) is 0 Å². The summed E-state index contributed by atoms with van der Waals surface area (Å²) in [7, 11) is 1.26. The van der Waals surface area contributed by atoms with E-state index in [1.807, 2.05) is 36.4 Å². The van der Waals surface area contributed by atoms with E-state index in [1.165, 1.54) is 13.2 Å². The molecule has 0 atom stereocenters. The molecule has 0 fully saturated rings. The van der Waals surface area contributed by atoms with E-state index in [-0.39, 0.29) is 11.6 Å². The van der Waals surface area contributed by atoms with Crippen LogP contribution < -0.4 is 11.1 Å². The Balaban J connectivity index is 2.14. The van der Waals surface area contributed by atoms with E-state index in [0.29, 0.717) is 11.3 Å². The zero-order chi connectivity index (χ0) is 16.8. The standard InChI is InChI=1S/C18H18N2O3/c1-3-16(18(22)23-2)20-17(21)14-6-4-12(5-7-14)13-8-10-15(19)11-9-13/h3-11H,19H2,1-2H3,(H,20,21)/b16-3+. The van der Waals surface area contributed by atoms with Crippen LogP contribution in [0.3, 0.4) is 0 Å². The van der Waals surface area contributed by atoms with Crippen LogP contribution in [-0.4, -0.2) is 19.0 Å². The average Bonchev–Trinajstić information content (AvgIpc) is 2.59. The van der Waals surface area contributed by atoms with Crippen molar-refractivity contribution in [3.63, 3.8) is 0 Å². The molecular formula is C18H18N2O3. The average molecular weight is 310 g/mol. The highest BCUT2D eigenvalue weighted by atomic mass is 16.5. The summed E-state index contributed by atoms with van der Waals surface area (Å²) in [6, 6.07) is 14.6. The number of allylic oxidation sites excluding steroid dienone is 1. The fraction of sp³-hybridized carbons (Fsp3) is 0.111. The number of nitrogen functional groups attached to an aromatic ring is 1. The molecule has 0 bridgehead atoms. The lowest BCUT2D eigenvalue weighted by Crippen LogP contribution is -2.27. The summed E-state index contributed by atoms with van der Waals surface area (Å²) in [5.74, 6) is -0.952. The van der Waals surface area contributed by atoms with E-state index in [0.717, 1.165) is 11.1 Å². The Morgan fingerprint density at radius 1 is 1.00 bits per heavy atom. The molecule has 118 valence electrons. The number of rotatable bonds is 4. The van der Waals surface area contributed by atoms with E-state index in [4.69, 9.17) is 5.73 Å². The molecule has 0 aromatic heterocycles. The van der Waals surface area contributed by atoms with Crippen molar-refractivity contribution in [2.45, 2.75) is 6.92 Å². The highest BCUT2D eigenvalue weighted by molar-refractivity contribution is 6.01. The number of nitrogens with two attached hydrogens (primary N) is 1. The van der Waals surface area contributed by atoms with Crippen molar-refractivity contribution >= 4 is 17.6 Å². The van der Waals surface area contributed by atoms with Crippen molar-refractivity contribution in [3.8, 4) is 11.1 Å². The second-order valence-electron chi connectivity index (χ2n) is 4.85. The molecule has 0 aliphatic carbocycles. The molecule has 1 amide bonds. The van der Waals surface area contributed by atoms with Gasteiger partial charge < -0.3 is 15.8 Å². The van der Waals surface area contributed by atoms with E-state index in [1.54, 1.807) is 19.1 Å². The Kier molecular flexibility index (Phi) is 5.15. The largest absolute Gasteiger partial charge is 0.464 e. The van der Waals surface area contributed by atoms with Crippen molar-refractivity contribution in [2.24, 2.45) is 0 Å². The molecule has 23 heavy (non-hydrogen) atoms. The van der Waals surface area contributed by atoms with Gasteiger partial charge in [-0.05, 0) is 42.3 Å². The number of nitrogens with one attached hydrogen (secondary N) is 1. The van der Waals surface area contributed by atoms with Crippen molar-refractivity contribution < 1.29 is 14.3 Å². The Morgan fingerprint density at radius 2 is 1.52 bits per heavy atom. The molecule has 0 saturated carbocycles. The summed E-state index contributed by atoms with van der Waals surface area (Å²) in [5, 5.41) is 2.53. The molecule has 2 aromatic rings. The maximum atomic E-state index is 12.2. The Morgan fingerprint density at radius 3 is 2.00 bits per heavy atom. The molecule has 0 radical (unpaired) electrons. The van der Waals surface area contributed by atoms with E-state index >= 15 is 0 Å². The Labute approximate surface area is 134 Å². The lowest BCUT2D eigenvalue weighted by molar-refractivity contribution is -0.136. The van der Waals surface area contributed by atoms with Gasteiger partial charge in [0.1, 0.15) is 5.70 Å². The minimum Gasteiger partial charge on any atom is -0.464 e. The van der Waals surface area contributed by atoms with Gasteiger partial charge in [0.2, 0.25) is 0 Å². The number of carbonyl (C=O) groups is 2. The number of anilines is 1. The van der Waals surface area contributed by atoms with Crippen LogP contribution in [0, 0.1) is 0 Å². The van der Waals surface area contributed by atoms with Crippen LogP contribution in [0.15, 0.2) is 60.3 Å².